The van der Waals surface area contributed by atoms with Gasteiger partial charge in [0.05, 0.1) is 16.3 Å². The molecule has 1 N–H and O–H groups in total. The molecule has 0 saturated heterocycles. The Labute approximate surface area is 148 Å². The van der Waals surface area contributed by atoms with Gasteiger partial charge in [0.1, 0.15) is 0 Å². The first-order chi connectivity index (χ1) is 12.0. The number of nitrogens with one attached hydrogen (secondary N) is 1. The molecule has 0 unspecified atom stereocenters. The largest absolute Gasteiger partial charge is 0.280 e. The van der Waals surface area contributed by atoms with Crippen LogP contribution >= 0.6 is 0 Å². The predicted molar refractivity (Wildman–Crippen MR) is 99.5 cm³/mol. The van der Waals surface area contributed by atoms with Crippen LogP contribution in [0.2, 0.25) is 0 Å². The SMILES string of the molecule is CC[C@H](C)c1ccc(S(=O)(=O)Nc2cccc(-n3cccn3)c2)cc1. The number of hydrogen-bond donors (Lipinski definition) is 1. The Kier molecular flexibility index (Phi) is 4.90. The minimum atomic E-state index is -3.63. The van der Waals surface area contributed by atoms with Crippen LogP contribution in [0.1, 0.15) is 31.7 Å². The highest BCUT2D eigenvalue weighted by Gasteiger charge is 2.15. The van der Waals surface area contributed by atoms with Crippen LogP contribution in [-0.2, 0) is 10.0 Å². The molecular formula is C19H21N3O2S. The zero-order chi connectivity index (χ0) is 17.9. The fourth-order valence-electron chi connectivity index (χ4n) is 2.56. The average molecular weight is 355 g/mol. The van der Waals surface area contributed by atoms with Crippen molar-refractivity contribution < 1.29 is 8.42 Å². The Morgan fingerprint density at radius 3 is 2.52 bits per heavy atom. The van der Waals surface area contributed by atoms with Crippen molar-refractivity contribution in [3.8, 4) is 5.69 Å². The molecule has 0 aliphatic carbocycles. The van der Waals surface area contributed by atoms with Gasteiger partial charge in [0.25, 0.3) is 10.0 Å². The van der Waals surface area contributed by atoms with E-state index in [1.165, 1.54) is 0 Å². The van der Waals surface area contributed by atoms with Crippen molar-refractivity contribution >= 4 is 15.7 Å². The molecule has 25 heavy (non-hydrogen) atoms. The van der Waals surface area contributed by atoms with Crippen LogP contribution in [0.4, 0.5) is 5.69 Å². The smallest absolute Gasteiger partial charge is 0.261 e. The second-order valence-corrected chi connectivity index (χ2v) is 7.67. The Morgan fingerprint density at radius 2 is 1.88 bits per heavy atom. The third kappa shape index (κ3) is 3.91. The third-order valence-corrected chi connectivity index (χ3v) is 5.64. The quantitative estimate of drug-likeness (QED) is 0.721. The van der Waals surface area contributed by atoms with Crippen LogP contribution in [0.5, 0.6) is 0 Å². The minimum absolute atomic E-state index is 0.254. The van der Waals surface area contributed by atoms with Crippen molar-refractivity contribution in [1.82, 2.24) is 9.78 Å². The zero-order valence-electron chi connectivity index (χ0n) is 14.3. The highest BCUT2D eigenvalue weighted by molar-refractivity contribution is 7.92. The highest BCUT2D eigenvalue weighted by Crippen LogP contribution is 2.22. The summed E-state index contributed by atoms with van der Waals surface area (Å²) in [4.78, 5) is 0.254. The average Bonchev–Trinajstić information content (AvgIpc) is 3.16. The number of aromatic nitrogens is 2. The lowest BCUT2D eigenvalue weighted by Gasteiger charge is -2.12. The number of anilines is 1. The molecule has 6 heteroatoms. The lowest BCUT2D eigenvalue weighted by Crippen LogP contribution is -2.13. The van der Waals surface area contributed by atoms with Gasteiger partial charge in [0.15, 0.2) is 0 Å². The molecule has 3 rings (SSSR count). The molecule has 0 amide bonds. The lowest BCUT2D eigenvalue weighted by molar-refractivity contribution is 0.601. The van der Waals surface area contributed by atoms with Crippen molar-refractivity contribution in [2.75, 3.05) is 4.72 Å². The fraction of sp³-hybridized carbons (Fsp3) is 0.211. The summed E-state index contributed by atoms with van der Waals surface area (Å²) in [6.07, 6.45) is 4.50. The van der Waals surface area contributed by atoms with Crippen LogP contribution < -0.4 is 4.72 Å². The minimum Gasteiger partial charge on any atom is -0.280 e. The lowest BCUT2D eigenvalue weighted by atomic mass is 9.99. The maximum absolute atomic E-state index is 12.6. The molecule has 3 aromatic rings. The number of sulfonamides is 1. The topological polar surface area (TPSA) is 64.0 Å². The predicted octanol–water partition coefficient (Wildman–Crippen LogP) is 4.19. The summed E-state index contributed by atoms with van der Waals surface area (Å²) >= 11 is 0. The summed E-state index contributed by atoms with van der Waals surface area (Å²) in [5, 5.41) is 4.16. The first-order valence-electron chi connectivity index (χ1n) is 8.22. The molecule has 1 heterocycles. The van der Waals surface area contributed by atoms with Crippen molar-refractivity contribution in [3.63, 3.8) is 0 Å². The van der Waals surface area contributed by atoms with Gasteiger partial charge < -0.3 is 0 Å². The van der Waals surface area contributed by atoms with Gasteiger partial charge in [-0.1, -0.05) is 32.0 Å². The second-order valence-electron chi connectivity index (χ2n) is 5.98. The van der Waals surface area contributed by atoms with Crippen molar-refractivity contribution in [2.24, 2.45) is 0 Å². The van der Waals surface area contributed by atoms with Crippen LogP contribution in [0, 0.1) is 0 Å². The van der Waals surface area contributed by atoms with E-state index in [-0.39, 0.29) is 4.90 Å². The zero-order valence-corrected chi connectivity index (χ0v) is 15.1. The van der Waals surface area contributed by atoms with Gasteiger partial charge in [-0.05, 0) is 54.3 Å². The summed E-state index contributed by atoms with van der Waals surface area (Å²) in [5.41, 5.74) is 2.43. The van der Waals surface area contributed by atoms with E-state index < -0.39 is 10.0 Å². The maximum atomic E-state index is 12.6. The molecule has 0 aliphatic rings. The van der Waals surface area contributed by atoms with Crippen molar-refractivity contribution in [2.45, 2.75) is 31.1 Å². The molecule has 2 aromatic carbocycles. The number of hydrogen-bond acceptors (Lipinski definition) is 3. The summed E-state index contributed by atoms with van der Waals surface area (Å²) in [7, 11) is -3.63. The normalized spacial score (nSPS) is 12.7. The van der Waals surface area contributed by atoms with E-state index in [1.54, 1.807) is 47.4 Å². The molecule has 0 aliphatic heterocycles. The van der Waals surface area contributed by atoms with E-state index in [1.807, 2.05) is 24.3 Å². The molecule has 130 valence electrons. The Hall–Kier alpha value is -2.60. The van der Waals surface area contributed by atoms with Crippen molar-refractivity contribution in [3.05, 3.63) is 72.6 Å². The Morgan fingerprint density at radius 1 is 1.12 bits per heavy atom. The van der Waals surface area contributed by atoms with Crippen molar-refractivity contribution in [1.29, 1.82) is 0 Å². The standard InChI is InChI=1S/C19H21N3O2S/c1-3-15(2)16-8-10-19(11-9-16)25(23,24)21-17-6-4-7-18(14-17)22-13-5-12-20-22/h4-15,21H,3H2,1-2H3/t15-/m0/s1. The molecule has 1 atom stereocenters. The molecule has 0 spiro atoms. The van der Waals surface area contributed by atoms with Crippen LogP contribution in [0.25, 0.3) is 5.69 Å². The van der Waals surface area contributed by atoms with Gasteiger partial charge in [-0.25, -0.2) is 13.1 Å². The molecule has 0 bridgehead atoms. The molecular weight excluding hydrogens is 334 g/mol. The van der Waals surface area contributed by atoms with Gasteiger partial charge in [-0.3, -0.25) is 4.72 Å². The first-order valence-corrected chi connectivity index (χ1v) is 9.71. The molecule has 0 fully saturated rings. The van der Waals surface area contributed by atoms with Gasteiger partial charge in [-0.2, -0.15) is 5.10 Å². The molecule has 0 saturated carbocycles. The van der Waals surface area contributed by atoms with Crippen LogP contribution in [-0.4, -0.2) is 18.2 Å². The van der Waals surface area contributed by atoms with Gasteiger partial charge in [0.2, 0.25) is 0 Å². The second kappa shape index (κ2) is 7.11. The van der Waals surface area contributed by atoms with E-state index in [9.17, 15) is 8.42 Å². The van der Waals surface area contributed by atoms with Crippen LogP contribution in [0.3, 0.4) is 0 Å². The third-order valence-electron chi connectivity index (χ3n) is 4.24. The molecule has 0 radical (unpaired) electrons. The van der Waals surface area contributed by atoms with Crippen LogP contribution in [0.15, 0.2) is 71.9 Å². The number of nitrogens with zero attached hydrogens (tertiary/aromatic N) is 2. The molecule has 1 aromatic heterocycles. The maximum Gasteiger partial charge on any atom is 0.261 e. The van der Waals surface area contributed by atoms with E-state index in [0.717, 1.165) is 17.7 Å². The van der Waals surface area contributed by atoms with E-state index in [0.29, 0.717) is 11.6 Å². The Balaban J connectivity index is 1.83. The van der Waals surface area contributed by atoms with Gasteiger partial charge >= 0.3 is 0 Å². The monoisotopic (exact) mass is 355 g/mol. The fourth-order valence-corrected chi connectivity index (χ4v) is 3.61. The van der Waals surface area contributed by atoms with E-state index >= 15 is 0 Å². The summed E-state index contributed by atoms with van der Waals surface area (Å²) in [6, 6.07) is 16.0. The summed E-state index contributed by atoms with van der Waals surface area (Å²) in [5.74, 6) is 0.412. The summed E-state index contributed by atoms with van der Waals surface area (Å²) in [6.45, 7) is 4.24. The van der Waals surface area contributed by atoms with E-state index in [2.05, 4.69) is 23.7 Å². The first kappa shape index (κ1) is 17.2. The van der Waals surface area contributed by atoms with Gasteiger partial charge in [-0.15, -0.1) is 0 Å². The van der Waals surface area contributed by atoms with Gasteiger partial charge in [0, 0.05) is 12.4 Å². The molecule has 5 nitrogen and oxygen atoms in total. The number of rotatable bonds is 6. The summed E-state index contributed by atoms with van der Waals surface area (Å²) < 4.78 is 29.5. The van der Waals surface area contributed by atoms with E-state index in [4.69, 9.17) is 0 Å². The highest BCUT2D eigenvalue weighted by atomic mass is 32.2. The Bertz CT molecular complexity index is 933. The number of benzene rings is 2.